The molecule has 0 spiro atoms. The van der Waals surface area contributed by atoms with E-state index in [2.05, 4.69) is 31.1 Å². The van der Waals surface area contributed by atoms with Gasteiger partial charge < -0.3 is 5.11 Å². The first-order valence-corrected chi connectivity index (χ1v) is 8.77. The van der Waals surface area contributed by atoms with Crippen LogP contribution in [0.3, 0.4) is 0 Å². The number of aromatic amines is 1. The van der Waals surface area contributed by atoms with Gasteiger partial charge in [-0.2, -0.15) is 5.10 Å². The molecule has 6 heteroatoms. The van der Waals surface area contributed by atoms with Crippen molar-refractivity contribution in [1.82, 2.24) is 15.2 Å². The number of nitrogens with one attached hydrogen (secondary N) is 1. The summed E-state index contributed by atoms with van der Waals surface area (Å²) in [6.07, 6.45) is 0. The summed E-state index contributed by atoms with van der Waals surface area (Å²) in [5.41, 5.74) is 4.63. The molecule has 4 aromatic rings. The van der Waals surface area contributed by atoms with E-state index in [0.29, 0.717) is 22.4 Å². The van der Waals surface area contributed by atoms with Crippen molar-refractivity contribution in [1.29, 1.82) is 0 Å². The highest BCUT2D eigenvalue weighted by Crippen LogP contribution is 2.32. The molecule has 4 rings (SSSR count). The minimum Gasteiger partial charge on any atom is -0.478 e. The van der Waals surface area contributed by atoms with E-state index in [1.165, 1.54) is 0 Å². The number of aromatic carboxylic acids is 1. The number of hydrogen-bond donors (Lipinski definition) is 2. The first kappa shape index (κ1) is 16.5. The number of pyridine rings is 1. The Labute approximate surface area is 157 Å². The van der Waals surface area contributed by atoms with Gasteiger partial charge >= 0.3 is 5.97 Å². The Balaban J connectivity index is 1.94. The quantitative estimate of drug-likeness (QED) is 0.497. The molecule has 0 unspecified atom stereocenters. The number of carboxylic acid groups (broad SMARTS) is 1. The Morgan fingerprint density at radius 1 is 1.04 bits per heavy atom. The molecule has 0 atom stereocenters. The number of rotatable bonds is 3. The van der Waals surface area contributed by atoms with Gasteiger partial charge in [-0.05, 0) is 25.1 Å². The Hall–Kier alpha value is -2.99. The topological polar surface area (TPSA) is 78.9 Å². The highest BCUT2D eigenvalue weighted by molar-refractivity contribution is 9.10. The molecule has 128 valence electrons. The van der Waals surface area contributed by atoms with Crippen LogP contribution in [0.4, 0.5) is 0 Å². The zero-order valence-electron chi connectivity index (χ0n) is 13.8. The molecule has 0 amide bonds. The summed E-state index contributed by atoms with van der Waals surface area (Å²) in [4.78, 5) is 16.5. The number of aryl methyl sites for hydroxylation is 1. The molecule has 0 aliphatic heterocycles. The van der Waals surface area contributed by atoms with E-state index in [0.717, 1.165) is 21.2 Å². The van der Waals surface area contributed by atoms with Crippen molar-refractivity contribution in [2.45, 2.75) is 6.92 Å². The number of fused-ring (bicyclic) bond motifs is 1. The molecule has 2 heterocycles. The molecule has 26 heavy (non-hydrogen) atoms. The van der Waals surface area contributed by atoms with Crippen molar-refractivity contribution in [3.05, 3.63) is 70.2 Å². The van der Waals surface area contributed by atoms with Crippen LogP contribution < -0.4 is 0 Å². The van der Waals surface area contributed by atoms with Gasteiger partial charge in [0.15, 0.2) is 5.65 Å². The van der Waals surface area contributed by atoms with Gasteiger partial charge in [-0.1, -0.05) is 57.9 Å². The zero-order chi connectivity index (χ0) is 18.3. The van der Waals surface area contributed by atoms with Crippen LogP contribution in [0.5, 0.6) is 0 Å². The lowest BCUT2D eigenvalue weighted by atomic mass is 10.0. The maximum atomic E-state index is 11.9. The second kappa shape index (κ2) is 6.38. The predicted molar refractivity (Wildman–Crippen MR) is 104 cm³/mol. The minimum absolute atomic E-state index is 0.178. The van der Waals surface area contributed by atoms with E-state index in [1.807, 2.05) is 55.5 Å². The van der Waals surface area contributed by atoms with Crippen LogP contribution in [0.25, 0.3) is 33.5 Å². The summed E-state index contributed by atoms with van der Waals surface area (Å²) >= 11 is 3.40. The number of carboxylic acids is 1. The van der Waals surface area contributed by atoms with Crippen molar-refractivity contribution in [3.8, 4) is 22.5 Å². The van der Waals surface area contributed by atoms with Crippen molar-refractivity contribution in [2.24, 2.45) is 0 Å². The summed E-state index contributed by atoms with van der Waals surface area (Å²) in [5.74, 6) is -1.01. The maximum Gasteiger partial charge on any atom is 0.336 e. The van der Waals surface area contributed by atoms with Crippen LogP contribution in [0.2, 0.25) is 0 Å². The van der Waals surface area contributed by atoms with Gasteiger partial charge in [-0.25, -0.2) is 9.78 Å². The van der Waals surface area contributed by atoms with Crippen LogP contribution >= 0.6 is 15.9 Å². The molecule has 0 radical (unpaired) electrons. The largest absolute Gasteiger partial charge is 0.478 e. The molecule has 0 saturated heterocycles. The Morgan fingerprint density at radius 2 is 1.69 bits per heavy atom. The third kappa shape index (κ3) is 2.88. The van der Waals surface area contributed by atoms with E-state index in [-0.39, 0.29) is 5.56 Å². The fraction of sp³-hybridized carbons (Fsp3) is 0.0500. The van der Waals surface area contributed by atoms with Gasteiger partial charge in [-0.3, -0.25) is 5.10 Å². The fourth-order valence-electron chi connectivity index (χ4n) is 2.89. The van der Waals surface area contributed by atoms with Crippen molar-refractivity contribution >= 4 is 32.9 Å². The average molecular weight is 408 g/mol. The lowest BCUT2D eigenvalue weighted by molar-refractivity contribution is 0.0699. The van der Waals surface area contributed by atoms with Gasteiger partial charge in [0.2, 0.25) is 0 Å². The monoisotopic (exact) mass is 407 g/mol. The second-order valence-corrected chi connectivity index (χ2v) is 6.95. The van der Waals surface area contributed by atoms with Crippen LogP contribution in [-0.4, -0.2) is 26.3 Å². The van der Waals surface area contributed by atoms with Crippen LogP contribution in [-0.2, 0) is 0 Å². The van der Waals surface area contributed by atoms with Crippen LogP contribution in [0.1, 0.15) is 15.9 Å². The second-order valence-electron chi connectivity index (χ2n) is 6.03. The Kier molecular flexibility index (Phi) is 4.05. The number of benzene rings is 2. The molecule has 2 aromatic carbocycles. The van der Waals surface area contributed by atoms with Crippen LogP contribution in [0, 0.1) is 6.92 Å². The van der Waals surface area contributed by atoms with Gasteiger partial charge in [-0.15, -0.1) is 0 Å². The molecular weight excluding hydrogens is 394 g/mol. The van der Waals surface area contributed by atoms with Crippen LogP contribution in [0.15, 0.2) is 59.1 Å². The Morgan fingerprint density at radius 3 is 2.35 bits per heavy atom. The molecule has 0 bridgehead atoms. The first-order valence-electron chi connectivity index (χ1n) is 7.98. The summed E-state index contributed by atoms with van der Waals surface area (Å²) in [6, 6.07) is 17.0. The van der Waals surface area contributed by atoms with Gasteiger partial charge in [0.05, 0.1) is 22.3 Å². The number of nitrogens with zero attached hydrogens (tertiary/aromatic N) is 2. The number of H-pyrrole nitrogens is 1. The number of aromatic nitrogens is 3. The lowest BCUT2D eigenvalue weighted by Gasteiger charge is -2.06. The van der Waals surface area contributed by atoms with Gasteiger partial charge in [0.1, 0.15) is 0 Å². The molecule has 0 fully saturated rings. The number of hydrogen-bond acceptors (Lipinski definition) is 3. The summed E-state index contributed by atoms with van der Waals surface area (Å²) in [7, 11) is 0. The third-order valence-corrected chi connectivity index (χ3v) is 4.76. The lowest BCUT2D eigenvalue weighted by Crippen LogP contribution is -2.00. The van der Waals surface area contributed by atoms with E-state index in [4.69, 9.17) is 0 Å². The third-order valence-electron chi connectivity index (χ3n) is 4.23. The van der Waals surface area contributed by atoms with E-state index < -0.39 is 5.97 Å². The molecule has 2 aromatic heterocycles. The van der Waals surface area contributed by atoms with E-state index in [1.54, 1.807) is 6.07 Å². The SMILES string of the molecule is Cc1ccc(-c2cc(C(=O)O)c3c(-c4ccc(Br)cc4)[nH]nc3n2)cc1. The summed E-state index contributed by atoms with van der Waals surface area (Å²) in [6.45, 7) is 2.00. The smallest absolute Gasteiger partial charge is 0.336 e. The molecule has 0 aliphatic carbocycles. The van der Waals surface area contributed by atoms with Gasteiger partial charge in [0.25, 0.3) is 0 Å². The molecule has 5 nitrogen and oxygen atoms in total. The highest BCUT2D eigenvalue weighted by atomic mass is 79.9. The predicted octanol–water partition coefficient (Wildman–Crippen LogP) is 5.06. The number of halogens is 1. The van der Waals surface area contributed by atoms with Crippen molar-refractivity contribution in [3.63, 3.8) is 0 Å². The summed E-state index contributed by atoms with van der Waals surface area (Å²) in [5, 5.41) is 17.5. The standard InChI is InChI=1S/C20H14BrN3O2/c1-11-2-4-12(5-3-11)16-10-15(20(25)26)17-18(23-24-19(17)22-16)13-6-8-14(21)9-7-13/h2-10H,1H3,(H,25,26)(H,22,23,24). The van der Waals surface area contributed by atoms with E-state index in [9.17, 15) is 9.90 Å². The maximum absolute atomic E-state index is 11.9. The molecular formula is C20H14BrN3O2. The molecule has 0 saturated carbocycles. The normalized spacial score (nSPS) is 11.0. The molecule has 0 aliphatic rings. The van der Waals surface area contributed by atoms with Crippen molar-refractivity contribution in [2.75, 3.05) is 0 Å². The molecule has 2 N–H and O–H groups in total. The fourth-order valence-corrected chi connectivity index (χ4v) is 3.15. The zero-order valence-corrected chi connectivity index (χ0v) is 15.4. The first-order chi connectivity index (χ1) is 12.5. The summed E-state index contributed by atoms with van der Waals surface area (Å²) < 4.78 is 0.948. The van der Waals surface area contributed by atoms with Gasteiger partial charge in [0, 0.05) is 15.6 Å². The Bertz CT molecular complexity index is 1120. The number of carbonyl (C=O) groups is 1. The average Bonchev–Trinajstić information content (AvgIpc) is 3.06. The van der Waals surface area contributed by atoms with E-state index >= 15 is 0 Å². The minimum atomic E-state index is -1.01. The highest BCUT2D eigenvalue weighted by Gasteiger charge is 2.19. The van der Waals surface area contributed by atoms with Crippen molar-refractivity contribution < 1.29 is 9.90 Å².